The molecule has 1 aromatic heterocycles. The van der Waals surface area contributed by atoms with E-state index in [-0.39, 0.29) is 0 Å². The van der Waals surface area contributed by atoms with E-state index in [0.29, 0.717) is 17.5 Å². The van der Waals surface area contributed by atoms with Crippen molar-refractivity contribution in [1.82, 2.24) is 15.0 Å². The van der Waals surface area contributed by atoms with Crippen molar-refractivity contribution in [3.8, 4) is 79.0 Å². The van der Waals surface area contributed by atoms with E-state index in [1.165, 1.54) is 0 Å². The third kappa shape index (κ3) is 6.45. The molecule has 0 saturated carbocycles. The number of aromatic nitrogens is 3. The highest BCUT2D eigenvalue weighted by molar-refractivity contribution is 6.10. The summed E-state index contributed by atoms with van der Waals surface area (Å²) in [6, 6.07) is 75.6. The van der Waals surface area contributed by atoms with Gasteiger partial charge in [-0.05, 0) is 81.7 Å². The Bertz CT molecular complexity index is 3110. The van der Waals surface area contributed by atoms with Crippen LogP contribution in [-0.2, 0) is 0 Å². The van der Waals surface area contributed by atoms with Gasteiger partial charge < -0.3 is 9.64 Å². The second kappa shape index (κ2) is 15.0. The number of nitrogens with zero attached hydrogens (tertiary/aromatic N) is 4. The molecule has 282 valence electrons. The van der Waals surface area contributed by atoms with Crippen molar-refractivity contribution < 1.29 is 4.74 Å². The van der Waals surface area contributed by atoms with Crippen LogP contribution < -0.4 is 9.64 Å². The van der Waals surface area contributed by atoms with Gasteiger partial charge in [0.1, 0.15) is 11.5 Å². The summed E-state index contributed by atoms with van der Waals surface area (Å²) >= 11 is 0. The van der Waals surface area contributed by atoms with Crippen LogP contribution in [0.1, 0.15) is 0 Å². The van der Waals surface area contributed by atoms with E-state index in [1.54, 1.807) is 0 Å². The molecule has 1 aliphatic heterocycles. The molecule has 1 aliphatic rings. The van der Waals surface area contributed by atoms with Gasteiger partial charge in [0.15, 0.2) is 17.5 Å². The van der Waals surface area contributed by atoms with Gasteiger partial charge >= 0.3 is 0 Å². The predicted octanol–water partition coefficient (Wildman–Crippen LogP) is 14.6. The molecular weight excluding hydrogens is 733 g/mol. The quantitative estimate of drug-likeness (QED) is 0.154. The molecule has 0 spiro atoms. The van der Waals surface area contributed by atoms with Crippen molar-refractivity contribution in [2.75, 3.05) is 4.90 Å². The highest BCUT2D eigenvalue weighted by Gasteiger charge is 2.24. The molecule has 9 aromatic carbocycles. The lowest BCUT2D eigenvalue weighted by Gasteiger charge is -2.28. The minimum absolute atomic E-state index is 0.620. The summed E-state index contributed by atoms with van der Waals surface area (Å²) < 4.78 is 6.76. The largest absolute Gasteiger partial charge is 0.456 e. The maximum atomic E-state index is 6.76. The monoisotopic (exact) mass is 768 g/mol. The summed E-state index contributed by atoms with van der Waals surface area (Å²) in [6.45, 7) is 0. The molecule has 0 N–H and O–H groups in total. The van der Waals surface area contributed by atoms with E-state index in [0.717, 1.165) is 89.4 Å². The Kier molecular flexibility index (Phi) is 8.75. The summed E-state index contributed by atoms with van der Waals surface area (Å²) in [5, 5.41) is 2.24. The van der Waals surface area contributed by atoms with Crippen LogP contribution in [0.2, 0.25) is 0 Å². The van der Waals surface area contributed by atoms with Crippen molar-refractivity contribution >= 4 is 27.8 Å². The van der Waals surface area contributed by atoms with Crippen LogP contribution in [0, 0.1) is 0 Å². The number of para-hydroxylation sites is 2. The van der Waals surface area contributed by atoms with Gasteiger partial charge in [-0.25, -0.2) is 15.0 Å². The molecule has 0 saturated heterocycles. The number of hydrogen-bond donors (Lipinski definition) is 0. The number of fused-ring (bicyclic) bond motifs is 2. The van der Waals surface area contributed by atoms with E-state index >= 15 is 0 Å². The molecule has 11 rings (SSSR count). The number of ether oxygens (including phenoxy) is 1. The van der Waals surface area contributed by atoms with Crippen LogP contribution in [0.3, 0.4) is 0 Å². The molecule has 0 fully saturated rings. The maximum Gasteiger partial charge on any atom is 0.164 e. The highest BCUT2D eigenvalue weighted by atomic mass is 16.5. The average molecular weight is 769 g/mol. The summed E-state index contributed by atoms with van der Waals surface area (Å²) in [5.41, 5.74) is 12.7. The zero-order valence-corrected chi connectivity index (χ0v) is 32.5. The van der Waals surface area contributed by atoms with E-state index in [4.69, 9.17) is 19.7 Å². The van der Waals surface area contributed by atoms with Crippen LogP contribution >= 0.6 is 0 Å². The van der Waals surface area contributed by atoms with Gasteiger partial charge in [0.2, 0.25) is 0 Å². The molecule has 10 aromatic rings. The van der Waals surface area contributed by atoms with E-state index in [1.807, 2.05) is 48.5 Å². The Morgan fingerprint density at radius 2 is 0.817 bits per heavy atom. The van der Waals surface area contributed by atoms with Crippen LogP contribution in [-0.4, -0.2) is 15.0 Å². The van der Waals surface area contributed by atoms with Gasteiger partial charge in [-0.3, -0.25) is 0 Å². The molecule has 0 amide bonds. The number of hydrogen-bond acceptors (Lipinski definition) is 5. The van der Waals surface area contributed by atoms with Crippen LogP contribution in [0.5, 0.6) is 11.5 Å². The Hall–Kier alpha value is -8.15. The number of rotatable bonds is 8. The van der Waals surface area contributed by atoms with Gasteiger partial charge in [-0.1, -0.05) is 164 Å². The first-order valence-corrected chi connectivity index (χ1v) is 20.1. The highest BCUT2D eigenvalue weighted by Crippen LogP contribution is 2.50. The SMILES string of the molecule is c1ccc(-c2cccc(-c3nc(-c4ccccc4)nc(-c4ccc(-c5ccc6c7c(cccc57)-c5ccc(N(c7ccccc7)c7ccccc7)cc5O6)cc4)n3)c2)cc1. The second-order valence-electron chi connectivity index (χ2n) is 14.8. The average Bonchev–Trinajstić information content (AvgIpc) is 3.33. The molecular formula is C55H36N4O. The van der Waals surface area contributed by atoms with Gasteiger partial charge in [-0.2, -0.15) is 0 Å². The van der Waals surface area contributed by atoms with Crippen LogP contribution in [0.4, 0.5) is 17.1 Å². The topological polar surface area (TPSA) is 51.1 Å². The van der Waals surface area contributed by atoms with Crippen molar-refractivity contribution in [2.45, 2.75) is 0 Å². The first kappa shape index (κ1) is 35.0. The van der Waals surface area contributed by atoms with Crippen molar-refractivity contribution in [3.63, 3.8) is 0 Å². The summed E-state index contributed by atoms with van der Waals surface area (Å²) in [6.07, 6.45) is 0. The first-order valence-electron chi connectivity index (χ1n) is 20.1. The Labute approximate surface area is 348 Å². The molecule has 2 heterocycles. The molecule has 5 heteroatoms. The standard InChI is InChI=1S/C55H36N4O/c1-5-15-37(16-6-1)41-19-13-20-42(35-41)55-57-53(39-17-7-2-8-18-39)56-54(58-55)40-29-27-38(28-30-40)46-33-34-50-52-48(46)25-14-26-49(52)47-32-31-45(36-51(47)60-50)59(43-21-9-3-10-22-43)44-23-11-4-12-24-44/h1-36H. The van der Waals surface area contributed by atoms with Gasteiger partial charge in [0.25, 0.3) is 0 Å². The predicted molar refractivity (Wildman–Crippen MR) is 245 cm³/mol. The number of benzene rings is 9. The van der Waals surface area contributed by atoms with Gasteiger partial charge in [-0.15, -0.1) is 0 Å². The Balaban J connectivity index is 0.954. The smallest absolute Gasteiger partial charge is 0.164 e. The Morgan fingerprint density at radius 1 is 0.300 bits per heavy atom. The minimum atomic E-state index is 0.620. The zero-order valence-electron chi connectivity index (χ0n) is 32.5. The lowest BCUT2D eigenvalue weighted by atomic mass is 9.90. The van der Waals surface area contributed by atoms with E-state index in [2.05, 4.69) is 175 Å². The molecule has 0 radical (unpaired) electrons. The van der Waals surface area contributed by atoms with Gasteiger partial charge in [0, 0.05) is 50.8 Å². The third-order valence-corrected chi connectivity index (χ3v) is 11.1. The second-order valence-corrected chi connectivity index (χ2v) is 14.8. The van der Waals surface area contributed by atoms with Crippen molar-refractivity contribution in [3.05, 3.63) is 218 Å². The molecule has 0 atom stereocenters. The molecule has 60 heavy (non-hydrogen) atoms. The number of anilines is 3. The fourth-order valence-electron chi connectivity index (χ4n) is 8.23. The molecule has 0 bridgehead atoms. The van der Waals surface area contributed by atoms with Crippen molar-refractivity contribution in [2.24, 2.45) is 0 Å². The van der Waals surface area contributed by atoms with Gasteiger partial charge in [0.05, 0.1) is 0 Å². The fourth-order valence-corrected chi connectivity index (χ4v) is 8.23. The van der Waals surface area contributed by atoms with E-state index < -0.39 is 0 Å². The molecule has 0 unspecified atom stereocenters. The molecule has 0 aliphatic carbocycles. The summed E-state index contributed by atoms with van der Waals surface area (Å²) in [4.78, 5) is 17.3. The lowest BCUT2D eigenvalue weighted by molar-refractivity contribution is 0.487. The maximum absolute atomic E-state index is 6.76. The zero-order chi connectivity index (χ0) is 39.8. The first-order chi connectivity index (χ1) is 29.7. The van der Waals surface area contributed by atoms with Crippen LogP contribution in [0.15, 0.2) is 218 Å². The summed E-state index contributed by atoms with van der Waals surface area (Å²) in [5.74, 6) is 3.56. The minimum Gasteiger partial charge on any atom is -0.456 e. The van der Waals surface area contributed by atoms with Crippen molar-refractivity contribution in [1.29, 1.82) is 0 Å². The summed E-state index contributed by atoms with van der Waals surface area (Å²) in [7, 11) is 0. The van der Waals surface area contributed by atoms with E-state index in [9.17, 15) is 0 Å². The normalized spacial score (nSPS) is 11.5. The molecule has 5 nitrogen and oxygen atoms in total. The third-order valence-electron chi connectivity index (χ3n) is 11.1. The fraction of sp³-hybridized carbons (Fsp3) is 0. The lowest BCUT2D eigenvalue weighted by Crippen LogP contribution is -2.10. The Morgan fingerprint density at radius 3 is 1.48 bits per heavy atom. The van der Waals surface area contributed by atoms with Crippen LogP contribution in [0.25, 0.3) is 78.3 Å².